The number of halogens is 1. The number of benzene rings is 4. The van der Waals surface area contributed by atoms with Crippen LogP contribution >= 0.6 is 11.6 Å². The maximum atomic E-state index is 6.72. The highest BCUT2D eigenvalue weighted by atomic mass is 35.5. The molecule has 0 bridgehead atoms. The predicted molar refractivity (Wildman–Crippen MR) is 163 cm³/mol. The first-order valence-corrected chi connectivity index (χ1v) is 13.8. The third kappa shape index (κ3) is 5.50. The van der Waals surface area contributed by atoms with Gasteiger partial charge in [-0.15, -0.1) is 0 Å². The van der Waals surface area contributed by atoms with Crippen molar-refractivity contribution in [3.63, 3.8) is 0 Å². The van der Waals surface area contributed by atoms with Gasteiger partial charge in [-0.25, -0.2) is 4.98 Å². The van der Waals surface area contributed by atoms with Crippen LogP contribution in [0.3, 0.4) is 0 Å². The fourth-order valence-corrected chi connectivity index (χ4v) is 5.56. The van der Waals surface area contributed by atoms with Gasteiger partial charge in [0.15, 0.2) is 0 Å². The minimum atomic E-state index is 0.636. The van der Waals surface area contributed by atoms with Crippen LogP contribution in [0, 0.1) is 0 Å². The summed E-state index contributed by atoms with van der Waals surface area (Å²) in [6.45, 7) is 3.48. The SMILES string of the molecule is Nc1cc(-c2ccccc2)ccc1Cn1cncc1CNc1ccc(Cl)c(-c2ccccc2N2CCCC2)c1. The molecule has 0 radical (unpaired) electrons. The molecule has 1 aliphatic heterocycles. The number of nitrogens with one attached hydrogen (secondary N) is 1. The molecule has 0 aliphatic carbocycles. The number of nitrogens with zero attached hydrogens (tertiary/aromatic N) is 3. The monoisotopic (exact) mass is 533 g/mol. The minimum Gasteiger partial charge on any atom is -0.398 e. The summed E-state index contributed by atoms with van der Waals surface area (Å²) >= 11 is 6.72. The van der Waals surface area contributed by atoms with Crippen molar-refractivity contribution in [3.05, 3.63) is 120 Å². The number of hydrogen-bond acceptors (Lipinski definition) is 4. The first-order valence-electron chi connectivity index (χ1n) is 13.5. The van der Waals surface area contributed by atoms with E-state index in [0.717, 1.165) is 57.4 Å². The molecule has 6 rings (SSSR count). The van der Waals surface area contributed by atoms with E-state index in [1.54, 1.807) is 0 Å². The van der Waals surface area contributed by atoms with Gasteiger partial charge in [0.05, 0.1) is 25.1 Å². The third-order valence-corrected chi connectivity index (χ3v) is 7.80. The Morgan fingerprint density at radius 2 is 1.62 bits per heavy atom. The molecule has 196 valence electrons. The van der Waals surface area contributed by atoms with Gasteiger partial charge in [-0.2, -0.15) is 0 Å². The molecular formula is C33H32ClN5. The lowest BCUT2D eigenvalue weighted by Gasteiger charge is -2.22. The average Bonchev–Trinajstić information content (AvgIpc) is 3.67. The van der Waals surface area contributed by atoms with Crippen LogP contribution in [0.5, 0.6) is 0 Å². The van der Waals surface area contributed by atoms with Gasteiger partial charge >= 0.3 is 0 Å². The molecule has 1 saturated heterocycles. The van der Waals surface area contributed by atoms with Crippen LogP contribution in [0.4, 0.5) is 17.1 Å². The summed E-state index contributed by atoms with van der Waals surface area (Å²) in [7, 11) is 0. The Morgan fingerprint density at radius 1 is 0.821 bits per heavy atom. The number of imidazole rings is 1. The Morgan fingerprint density at radius 3 is 2.44 bits per heavy atom. The van der Waals surface area contributed by atoms with Crippen LogP contribution in [-0.4, -0.2) is 22.6 Å². The lowest BCUT2D eigenvalue weighted by molar-refractivity contribution is 0.751. The largest absolute Gasteiger partial charge is 0.398 e. The number of anilines is 3. The Balaban J connectivity index is 1.18. The molecule has 1 fully saturated rings. The molecule has 0 saturated carbocycles. The third-order valence-electron chi connectivity index (χ3n) is 7.47. The van der Waals surface area contributed by atoms with E-state index in [4.69, 9.17) is 17.3 Å². The first-order chi connectivity index (χ1) is 19.2. The molecule has 1 aliphatic rings. The highest BCUT2D eigenvalue weighted by Gasteiger charge is 2.18. The molecule has 3 N–H and O–H groups in total. The van der Waals surface area contributed by atoms with Crippen molar-refractivity contribution in [2.45, 2.75) is 25.9 Å². The molecule has 0 unspecified atom stereocenters. The summed E-state index contributed by atoms with van der Waals surface area (Å²) in [6.07, 6.45) is 6.24. The number of para-hydroxylation sites is 1. The number of hydrogen-bond donors (Lipinski definition) is 2. The van der Waals surface area contributed by atoms with Crippen molar-refractivity contribution in [3.8, 4) is 22.3 Å². The number of nitrogen functional groups attached to an aromatic ring is 1. The molecule has 0 spiro atoms. The standard InChI is InChI=1S/C33H32ClN5/c34-31-15-14-27(19-30(31)29-10-4-5-11-33(29)38-16-6-7-17-38)37-21-28-20-36-23-39(28)22-26-13-12-25(18-32(26)35)24-8-2-1-3-9-24/h1-5,8-15,18-20,23,37H,6-7,16-17,21-22,35H2. The van der Waals surface area contributed by atoms with Crippen molar-refractivity contribution in [2.24, 2.45) is 0 Å². The maximum Gasteiger partial charge on any atom is 0.0951 e. The Kier molecular flexibility index (Phi) is 7.24. The van der Waals surface area contributed by atoms with Gasteiger partial charge in [-0.1, -0.05) is 72.3 Å². The van der Waals surface area contributed by atoms with Gasteiger partial charge in [-0.05, 0) is 59.9 Å². The van der Waals surface area contributed by atoms with Gasteiger partial charge in [-0.3, -0.25) is 0 Å². The molecular weight excluding hydrogens is 502 g/mol. The molecule has 2 heterocycles. The second-order valence-corrected chi connectivity index (χ2v) is 10.5. The van der Waals surface area contributed by atoms with E-state index in [0.29, 0.717) is 13.1 Å². The van der Waals surface area contributed by atoms with E-state index < -0.39 is 0 Å². The van der Waals surface area contributed by atoms with E-state index >= 15 is 0 Å². The van der Waals surface area contributed by atoms with Crippen molar-refractivity contribution in [1.82, 2.24) is 9.55 Å². The van der Waals surface area contributed by atoms with Crippen LogP contribution in [-0.2, 0) is 13.1 Å². The van der Waals surface area contributed by atoms with E-state index in [1.165, 1.54) is 24.1 Å². The molecule has 0 atom stereocenters. The van der Waals surface area contributed by atoms with Crippen LogP contribution in [0.25, 0.3) is 22.3 Å². The molecule has 6 heteroatoms. The summed E-state index contributed by atoms with van der Waals surface area (Å²) in [5, 5.41) is 4.34. The van der Waals surface area contributed by atoms with Crippen molar-refractivity contribution >= 4 is 28.7 Å². The van der Waals surface area contributed by atoms with Crippen molar-refractivity contribution in [1.29, 1.82) is 0 Å². The smallest absolute Gasteiger partial charge is 0.0951 e. The normalized spacial score (nSPS) is 13.1. The molecule has 39 heavy (non-hydrogen) atoms. The van der Waals surface area contributed by atoms with E-state index in [-0.39, 0.29) is 0 Å². The lowest BCUT2D eigenvalue weighted by Crippen LogP contribution is -2.18. The van der Waals surface area contributed by atoms with Crippen LogP contribution in [0.15, 0.2) is 104 Å². The van der Waals surface area contributed by atoms with E-state index in [9.17, 15) is 0 Å². The molecule has 1 aromatic heterocycles. The molecule has 4 aromatic carbocycles. The summed E-state index contributed by atoms with van der Waals surface area (Å²) in [6, 6.07) is 31.3. The number of aromatic nitrogens is 2. The molecule has 5 aromatic rings. The van der Waals surface area contributed by atoms with Gasteiger partial charge < -0.3 is 20.5 Å². The van der Waals surface area contributed by atoms with Gasteiger partial charge in [0, 0.05) is 52.5 Å². The van der Waals surface area contributed by atoms with Crippen LogP contribution in [0.1, 0.15) is 24.1 Å². The summed E-state index contributed by atoms with van der Waals surface area (Å²) in [4.78, 5) is 6.88. The van der Waals surface area contributed by atoms with E-state index in [1.807, 2.05) is 42.9 Å². The van der Waals surface area contributed by atoms with Crippen LogP contribution in [0.2, 0.25) is 5.02 Å². The maximum absolute atomic E-state index is 6.72. The highest BCUT2D eigenvalue weighted by molar-refractivity contribution is 6.33. The predicted octanol–water partition coefficient (Wildman–Crippen LogP) is 7.71. The van der Waals surface area contributed by atoms with Gasteiger partial charge in [0.25, 0.3) is 0 Å². The van der Waals surface area contributed by atoms with Gasteiger partial charge in [0.1, 0.15) is 0 Å². The first kappa shape index (κ1) is 25.1. The Labute approximate surface area is 234 Å². The Hall–Kier alpha value is -4.22. The second-order valence-electron chi connectivity index (χ2n) is 10.1. The summed E-state index contributed by atoms with van der Waals surface area (Å²) in [5.41, 5.74) is 16.2. The zero-order valence-corrected chi connectivity index (χ0v) is 22.6. The van der Waals surface area contributed by atoms with E-state index in [2.05, 4.69) is 80.4 Å². The Bertz CT molecular complexity index is 1570. The fraction of sp³-hybridized carbons (Fsp3) is 0.182. The number of rotatable bonds is 8. The quantitative estimate of drug-likeness (QED) is 0.200. The minimum absolute atomic E-state index is 0.636. The van der Waals surface area contributed by atoms with Crippen LogP contribution < -0.4 is 16.0 Å². The van der Waals surface area contributed by atoms with Crippen molar-refractivity contribution in [2.75, 3.05) is 29.0 Å². The average molecular weight is 534 g/mol. The summed E-state index contributed by atoms with van der Waals surface area (Å²) in [5.74, 6) is 0. The second kappa shape index (κ2) is 11.3. The zero-order chi connectivity index (χ0) is 26.6. The highest BCUT2D eigenvalue weighted by Crippen LogP contribution is 2.38. The summed E-state index contributed by atoms with van der Waals surface area (Å²) < 4.78 is 2.14. The molecule has 5 nitrogen and oxygen atoms in total. The number of nitrogens with two attached hydrogens (primary N) is 1. The van der Waals surface area contributed by atoms with Gasteiger partial charge in [0.2, 0.25) is 0 Å². The topological polar surface area (TPSA) is 59.1 Å². The molecule has 0 amide bonds. The zero-order valence-electron chi connectivity index (χ0n) is 21.9. The fourth-order valence-electron chi connectivity index (χ4n) is 5.34. The van der Waals surface area contributed by atoms with Crippen molar-refractivity contribution < 1.29 is 0 Å². The lowest BCUT2D eigenvalue weighted by atomic mass is 10.0.